The molecule has 0 bridgehead atoms. The molecule has 0 aliphatic heterocycles. The minimum atomic E-state index is -2.66. The van der Waals surface area contributed by atoms with Gasteiger partial charge in [0.05, 0.1) is 5.02 Å². The van der Waals surface area contributed by atoms with E-state index in [1.54, 1.807) is 13.0 Å². The van der Waals surface area contributed by atoms with Crippen LogP contribution in [0.4, 0.5) is 13.2 Å². The molecule has 0 spiro atoms. The van der Waals surface area contributed by atoms with Gasteiger partial charge in [0.15, 0.2) is 0 Å². The fourth-order valence-electron chi connectivity index (χ4n) is 2.13. The largest absolute Gasteiger partial charge is 0.485 e. The number of hydrogen-bond acceptors (Lipinski definition) is 2. The maximum absolute atomic E-state index is 14.1. The summed E-state index contributed by atoms with van der Waals surface area (Å²) >= 11 is 12.0. The lowest BCUT2D eigenvalue weighted by Gasteiger charge is -2.15. The quantitative estimate of drug-likeness (QED) is 0.764. The predicted octanol–water partition coefficient (Wildman–Crippen LogP) is 5.46. The molecule has 1 atom stereocenters. The lowest BCUT2D eigenvalue weighted by atomic mass is 10.00. The first-order chi connectivity index (χ1) is 10.8. The Morgan fingerprint density at radius 1 is 1.17 bits per heavy atom. The van der Waals surface area contributed by atoms with Crippen LogP contribution < -0.4 is 10.5 Å². The third-order valence-electron chi connectivity index (χ3n) is 3.16. The Morgan fingerprint density at radius 2 is 1.87 bits per heavy atom. The molecular formula is C16H14Cl2F3NO. The molecule has 0 saturated carbocycles. The summed E-state index contributed by atoms with van der Waals surface area (Å²) in [5, 5.41) is 0.357. The average Bonchev–Trinajstić information content (AvgIpc) is 2.44. The first kappa shape index (κ1) is 17.9. The molecule has 2 rings (SSSR count). The Hall–Kier alpha value is -1.43. The van der Waals surface area contributed by atoms with Gasteiger partial charge in [-0.2, -0.15) is 0 Å². The summed E-state index contributed by atoms with van der Waals surface area (Å²) in [6.45, 7) is 0.834. The monoisotopic (exact) mass is 363 g/mol. The maximum atomic E-state index is 14.1. The Bertz CT molecular complexity index is 708. The van der Waals surface area contributed by atoms with Gasteiger partial charge in [0.2, 0.25) is 0 Å². The van der Waals surface area contributed by atoms with Gasteiger partial charge in [-0.1, -0.05) is 35.3 Å². The highest BCUT2D eigenvalue weighted by atomic mass is 35.5. The van der Waals surface area contributed by atoms with E-state index in [2.05, 4.69) is 0 Å². The Morgan fingerprint density at radius 3 is 2.43 bits per heavy atom. The predicted molar refractivity (Wildman–Crippen MR) is 86.0 cm³/mol. The van der Waals surface area contributed by atoms with E-state index in [4.69, 9.17) is 33.7 Å². The summed E-state index contributed by atoms with van der Waals surface area (Å²) < 4.78 is 44.0. The summed E-state index contributed by atoms with van der Waals surface area (Å²) in [4.78, 5) is 0. The second-order valence-electron chi connectivity index (χ2n) is 4.99. The van der Waals surface area contributed by atoms with E-state index in [1.807, 2.05) is 0 Å². The van der Waals surface area contributed by atoms with Gasteiger partial charge in [-0.3, -0.25) is 0 Å². The van der Waals surface area contributed by atoms with Crippen LogP contribution in [-0.2, 0) is 0 Å². The van der Waals surface area contributed by atoms with E-state index < -0.39 is 24.9 Å². The molecule has 2 aromatic rings. The molecule has 7 heteroatoms. The van der Waals surface area contributed by atoms with E-state index in [9.17, 15) is 13.2 Å². The first-order valence-corrected chi connectivity index (χ1v) is 7.50. The highest BCUT2D eigenvalue weighted by Crippen LogP contribution is 2.39. The highest BCUT2D eigenvalue weighted by molar-refractivity contribution is 6.36. The number of halogens is 5. The van der Waals surface area contributed by atoms with Crippen molar-refractivity contribution in [1.82, 2.24) is 0 Å². The van der Waals surface area contributed by atoms with E-state index >= 15 is 0 Å². The van der Waals surface area contributed by atoms with Gasteiger partial charge in [0.1, 0.15) is 18.2 Å². The molecule has 23 heavy (non-hydrogen) atoms. The number of benzene rings is 2. The second-order valence-corrected chi connectivity index (χ2v) is 5.83. The van der Waals surface area contributed by atoms with Crippen LogP contribution in [0, 0.1) is 5.82 Å². The minimum absolute atomic E-state index is 0.0318. The van der Waals surface area contributed by atoms with Crippen molar-refractivity contribution in [2.24, 2.45) is 5.73 Å². The standard InChI is InChI=1S/C16H14Cl2F3NO/c1-8(22)11-3-2-9(4-14(11)19)12-5-10(17)6-13(18)16(12)23-7-15(20)21/h2-6,8,15H,7,22H2,1H3/t8-/m1/s1. The van der Waals surface area contributed by atoms with Crippen LogP contribution in [0.1, 0.15) is 18.5 Å². The van der Waals surface area contributed by atoms with E-state index in [0.29, 0.717) is 16.7 Å². The zero-order chi connectivity index (χ0) is 17.1. The molecule has 0 unspecified atom stereocenters. The molecule has 0 radical (unpaired) electrons. The smallest absolute Gasteiger partial charge is 0.272 e. The lowest BCUT2D eigenvalue weighted by molar-refractivity contribution is 0.0822. The average molecular weight is 364 g/mol. The fourth-order valence-corrected chi connectivity index (χ4v) is 2.68. The second kappa shape index (κ2) is 7.43. The molecule has 0 saturated heterocycles. The molecule has 124 valence electrons. The van der Waals surface area contributed by atoms with Crippen molar-refractivity contribution >= 4 is 23.2 Å². The minimum Gasteiger partial charge on any atom is -0.485 e. The van der Waals surface area contributed by atoms with Gasteiger partial charge in [-0.25, -0.2) is 13.2 Å². The molecule has 0 aliphatic carbocycles. The van der Waals surface area contributed by atoms with Crippen molar-refractivity contribution in [3.63, 3.8) is 0 Å². The van der Waals surface area contributed by atoms with E-state index in [1.165, 1.54) is 24.3 Å². The van der Waals surface area contributed by atoms with Crippen LogP contribution in [0.5, 0.6) is 5.75 Å². The zero-order valence-electron chi connectivity index (χ0n) is 12.1. The van der Waals surface area contributed by atoms with Gasteiger partial charge in [-0.15, -0.1) is 0 Å². The van der Waals surface area contributed by atoms with E-state index in [0.717, 1.165) is 0 Å². The van der Waals surface area contributed by atoms with Gasteiger partial charge < -0.3 is 10.5 Å². The topological polar surface area (TPSA) is 35.2 Å². The summed E-state index contributed by atoms with van der Waals surface area (Å²) in [6.07, 6.45) is -2.66. The molecule has 0 aliphatic rings. The van der Waals surface area contributed by atoms with Crippen molar-refractivity contribution in [2.75, 3.05) is 6.61 Å². The highest BCUT2D eigenvalue weighted by Gasteiger charge is 2.17. The SMILES string of the molecule is C[C@@H](N)c1ccc(-c2cc(Cl)cc(Cl)c2OCC(F)F)cc1F. The van der Waals surface area contributed by atoms with Crippen molar-refractivity contribution < 1.29 is 17.9 Å². The van der Waals surface area contributed by atoms with Gasteiger partial charge in [0.25, 0.3) is 6.43 Å². The maximum Gasteiger partial charge on any atom is 0.272 e. The van der Waals surface area contributed by atoms with Crippen LogP contribution >= 0.6 is 23.2 Å². The summed E-state index contributed by atoms with van der Waals surface area (Å²) in [7, 11) is 0. The van der Waals surface area contributed by atoms with Crippen LogP contribution in [-0.4, -0.2) is 13.0 Å². The molecule has 0 heterocycles. The zero-order valence-corrected chi connectivity index (χ0v) is 13.6. The number of ether oxygens (including phenoxy) is 1. The molecule has 0 aromatic heterocycles. The van der Waals surface area contributed by atoms with Crippen LogP contribution in [0.15, 0.2) is 30.3 Å². The molecule has 2 N–H and O–H groups in total. The van der Waals surface area contributed by atoms with Crippen molar-refractivity contribution in [1.29, 1.82) is 0 Å². The molecule has 2 aromatic carbocycles. The van der Waals surface area contributed by atoms with Crippen LogP contribution in [0.3, 0.4) is 0 Å². The van der Waals surface area contributed by atoms with Gasteiger partial charge >= 0.3 is 0 Å². The Balaban J connectivity index is 2.51. The summed E-state index contributed by atoms with van der Waals surface area (Å²) in [5.74, 6) is -0.474. The third-order valence-corrected chi connectivity index (χ3v) is 3.66. The summed E-state index contributed by atoms with van der Waals surface area (Å²) in [6, 6.07) is 6.77. The summed E-state index contributed by atoms with van der Waals surface area (Å²) in [5.41, 5.74) is 6.75. The molecule has 0 amide bonds. The van der Waals surface area contributed by atoms with Crippen LogP contribution in [0.2, 0.25) is 10.0 Å². The first-order valence-electron chi connectivity index (χ1n) is 6.75. The number of rotatable bonds is 5. The fraction of sp³-hybridized carbons (Fsp3) is 0.250. The lowest BCUT2D eigenvalue weighted by Crippen LogP contribution is -2.09. The molecular weight excluding hydrogens is 350 g/mol. The van der Waals surface area contributed by atoms with Gasteiger partial charge in [0, 0.05) is 22.2 Å². The van der Waals surface area contributed by atoms with Crippen LogP contribution in [0.25, 0.3) is 11.1 Å². The Kier molecular flexibility index (Phi) is 5.79. The van der Waals surface area contributed by atoms with Crippen molar-refractivity contribution in [2.45, 2.75) is 19.4 Å². The van der Waals surface area contributed by atoms with E-state index in [-0.39, 0.29) is 15.8 Å². The normalized spacial score (nSPS) is 12.5. The van der Waals surface area contributed by atoms with Crippen molar-refractivity contribution in [3.8, 4) is 16.9 Å². The Labute approximate surface area is 142 Å². The van der Waals surface area contributed by atoms with Crippen molar-refractivity contribution in [3.05, 3.63) is 51.8 Å². The molecule has 0 fully saturated rings. The third kappa shape index (κ3) is 4.31. The molecule has 2 nitrogen and oxygen atoms in total. The number of alkyl halides is 2. The van der Waals surface area contributed by atoms with Gasteiger partial charge in [-0.05, 0) is 30.7 Å². The number of hydrogen-bond donors (Lipinski definition) is 1. The number of nitrogens with two attached hydrogens (primary N) is 1.